The molecule has 0 spiro atoms. The summed E-state index contributed by atoms with van der Waals surface area (Å²) in [6, 6.07) is 7.50. The minimum absolute atomic E-state index is 0.0619. The molecule has 1 aromatic carbocycles. The molecule has 4 aliphatic carbocycles. The van der Waals surface area contributed by atoms with Crippen LogP contribution in [-0.2, 0) is 9.59 Å². The Balaban J connectivity index is 1.26. The van der Waals surface area contributed by atoms with Gasteiger partial charge in [-0.2, -0.15) is 0 Å². The van der Waals surface area contributed by atoms with E-state index >= 15 is 0 Å². The first-order valence-corrected chi connectivity index (χ1v) is 10.2. The molecule has 5 heteroatoms. The molecule has 0 unspecified atom stereocenters. The van der Waals surface area contributed by atoms with Crippen LogP contribution in [0.15, 0.2) is 28.7 Å². The van der Waals surface area contributed by atoms with Crippen LogP contribution in [0.1, 0.15) is 44.9 Å². The van der Waals surface area contributed by atoms with Crippen LogP contribution in [0.2, 0.25) is 0 Å². The average Bonchev–Trinajstić information content (AvgIpc) is 2.55. The van der Waals surface area contributed by atoms with Crippen LogP contribution >= 0.6 is 15.9 Å². The van der Waals surface area contributed by atoms with E-state index in [1.165, 1.54) is 19.3 Å². The monoisotopic (exact) mass is 404 g/mol. The lowest BCUT2D eigenvalue weighted by Gasteiger charge is -2.55. The largest absolute Gasteiger partial charge is 0.355 e. The van der Waals surface area contributed by atoms with E-state index in [0.717, 1.165) is 47.2 Å². The zero-order valence-corrected chi connectivity index (χ0v) is 16.0. The summed E-state index contributed by atoms with van der Waals surface area (Å²) in [4.78, 5) is 24.9. The van der Waals surface area contributed by atoms with Crippen molar-refractivity contribution in [3.8, 4) is 0 Å². The molecule has 4 saturated carbocycles. The van der Waals surface area contributed by atoms with E-state index in [1.54, 1.807) is 0 Å². The van der Waals surface area contributed by atoms with Gasteiger partial charge in [-0.25, -0.2) is 0 Å². The number of nitrogens with one attached hydrogen (secondary N) is 2. The van der Waals surface area contributed by atoms with E-state index in [-0.39, 0.29) is 17.2 Å². The van der Waals surface area contributed by atoms with E-state index in [0.29, 0.717) is 13.0 Å². The van der Waals surface area contributed by atoms with E-state index in [1.807, 2.05) is 24.3 Å². The summed E-state index contributed by atoms with van der Waals surface area (Å²) in [7, 11) is 0. The highest BCUT2D eigenvalue weighted by atomic mass is 79.9. The highest BCUT2D eigenvalue weighted by Gasteiger charge is 2.54. The standard InChI is InChI=1S/C20H25BrN2O2/c21-16-1-3-17(4-2-16)23-18(24)5-6-22-19(25)20-10-13-7-14(11-20)9-15(8-13)12-20/h1-4,13-15H,5-12H2,(H,22,25)(H,23,24). The van der Waals surface area contributed by atoms with Gasteiger partial charge < -0.3 is 10.6 Å². The maximum absolute atomic E-state index is 12.8. The van der Waals surface area contributed by atoms with Crippen molar-refractivity contribution in [1.82, 2.24) is 5.32 Å². The molecule has 4 fully saturated rings. The summed E-state index contributed by atoms with van der Waals surface area (Å²) < 4.78 is 0.980. The fraction of sp³-hybridized carbons (Fsp3) is 0.600. The maximum atomic E-state index is 12.8. The molecule has 2 amide bonds. The number of hydrogen-bond acceptors (Lipinski definition) is 2. The Kier molecular flexibility index (Phi) is 4.61. The minimum Gasteiger partial charge on any atom is -0.355 e. The number of halogens is 1. The molecule has 4 aliphatic rings. The van der Waals surface area contributed by atoms with Crippen LogP contribution in [-0.4, -0.2) is 18.4 Å². The molecule has 0 aliphatic heterocycles. The third kappa shape index (κ3) is 3.62. The van der Waals surface area contributed by atoms with E-state index in [2.05, 4.69) is 26.6 Å². The first kappa shape index (κ1) is 17.1. The Morgan fingerprint density at radius 2 is 1.56 bits per heavy atom. The third-order valence-electron chi connectivity index (χ3n) is 6.29. The van der Waals surface area contributed by atoms with Crippen LogP contribution < -0.4 is 10.6 Å². The number of carbonyl (C=O) groups excluding carboxylic acids is 2. The van der Waals surface area contributed by atoms with Gasteiger partial charge in [-0.3, -0.25) is 9.59 Å². The van der Waals surface area contributed by atoms with Crippen LogP contribution in [0.25, 0.3) is 0 Å². The second-order valence-corrected chi connectivity index (χ2v) is 9.17. The fourth-order valence-electron chi connectivity index (χ4n) is 5.62. The third-order valence-corrected chi connectivity index (χ3v) is 6.81. The Bertz CT molecular complexity index is 635. The molecular weight excluding hydrogens is 380 g/mol. The Morgan fingerprint density at radius 1 is 1.00 bits per heavy atom. The zero-order valence-electron chi connectivity index (χ0n) is 14.4. The van der Waals surface area contributed by atoms with Crippen LogP contribution in [0.5, 0.6) is 0 Å². The predicted molar refractivity (Wildman–Crippen MR) is 101 cm³/mol. The Morgan fingerprint density at radius 3 is 2.12 bits per heavy atom. The smallest absolute Gasteiger partial charge is 0.226 e. The van der Waals surface area contributed by atoms with E-state index < -0.39 is 0 Å². The molecule has 2 N–H and O–H groups in total. The molecule has 1 aromatic rings. The lowest BCUT2D eigenvalue weighted by Crippen LogP contribution is -2.53. The summed E-state index contributed by atoms with van der Waals surface area (Å²) in [5, 5.41) is 5.93. The van der Waals surface area contributed by atoms with Gasteiger partial charge in [-0.1, -0.05) is 15.9 Å². The molecule has 0 heterocycles. The molecule has 134 valence electrons. The van der Waals surface area contributed by atoms with Gasteiger partial charge in [0, 0.05) is 28.5 Å². The summed E-state index contributed by atoms with van der Waals surface area (Å²) in [6.45, 7) is 0.420. The van der Waals surface area contributed by atoms with Crippen molar-refractivity contribution in [2.45, 2.75) is 44.9 Å². The van der Waals surface area contributed by atoms with Gasteiger partial charge in [0.2, 0.25) is 11.8 Å². The van der Waals surface area contributed by atoms with Gasteiger partial charge in [0.1, 0.15) is 0 Å². The second-order valence-electron chi connectivity index (χ2n) is 8.26. The minimum atomic E-state index is -0.128. The Labute approximate surface area is 157 Å². The van der Waals surface area contributed by atoms with E-state index in [4.69, 9.17) is 0 Å². The molecule has 0 radical (unpaired) electrons. The van der Waals surface area contributed by atoms with Crippen molar-refractivity contribution in [2.24, 2.45) is 23.2 Å². The van der Waals surface area contributed by atoms with Crippen LogP contribution in [0.3, 0.4) is 0 Å². The van der Waals surface area contributed by atoms with Crippen molar-refractivity contribution >= 4 is 33.4 Å². The molecule has 4 bridgehead atoms. The van der Waals surface area contributed by atoms with Gasteiger partial charge in [-0.15, -0.1) is 0 Å². The van der Waals surface area contributed by atoms with Crippen LogP contribution in [0, 0.1) is 23.2 Å². The lowest BCUT2D eigenvalue weighted by atomic mass is 9.49. The highest BCUT2D eigenvalue weighted by molar-refractivity contribution is 9.10. The fourth-order valence-corrected chi connectivity index (χ4v) is 5.89. The first-order valence-electron chi connectivity index (χ1n) is 9.36. The van der Waals surface area contributed by atoms with Gasteiger partial charge in [0.05, 0.1) is 0 Å². The van der Waals surface area contributed by atoms with E-state index in [9.17, 15) is 9.59 Å². The topological polar surface area (TPSA) is 58.2 Å². The van der Waals surface area contributed by atoms with Crippen LogP contribution in [0.4, 0.5) is 5.69 Å². The Hall–Kier alpha value is -1.36. The van der Waals surface area contributed by atoms with Gasteiger partial charge in [-0.05, 0) is 80.5 Å². The molecule has 0 saturated heterocycles. The average molecular weight is 405 g/mol. The molecule has 5 rings (SSSR count). The summed E-state index contributed by atoms with van der Waals surface area (Å²) in [5.74, 6) is 2.42. The maximum Gasteiger partial charge on any atom is 0.226 e. The molecular formula is C20H25BrN2O2. The number of anilines is 1. The number of benzene rings is 1. The summed E-state index contributed by atoms with van der Waals surface area (Å²) >= 11 is 3.38. The van der Waals surface area contributed by atoms with Crippen molar-refractivity contribution in [1.29, 1.82) is 0 Å². The first-order chi connectivity index (χ1) is 12.0. The van der Waals surface area contributed by atoms with Gasteiger partial charge in [0.15, 0.2) is 0 Å². The molecule has 0 atom stereocenters. The van der Waals surface area contributed by atoms with Crippen molar-refractivity contribution in [3.05, 3.63) is 28.7 Å². The van der Waals surface area contributed by atoms with Crippen molar-refractivity contribution < 1.29 is 9.59 Å². The second kappa shape index (κ2) is 6.75. The summed E-state index contributed by atoms with van der Waals surface area (Å²) in [6.07, 6.45) is 7.52. The normalized spacial score (nSPS) is 32.4. The quantitative estimate of drug-likeness (QED) is 0.775. The predicted octanol–water partition coefficient (Wildman–Crippen LogP) is 4.11. The number of hydrogen-bond donors (Lipinski definition) is 2. The molecule has 0 aromatic heterocycles. The van der Waals surface area contributed by atoms with Gasteiger partial charge in [0.25, 0.3) is 0 Å². The number of amides is 2. The van der Waals surface area contributed by atoms with Gasteiger partial charge >= 0.3 is 0 Å². The number of carbonyl (C=O) groups is 2. The van der Waals surface area contributed by atoms with Crippen molar-refractivity contribution in [3.63, 3.8) is 0 Å². The summed E-state index contributed by atoms with van der Waals surface area (Å²) in [5.41, 5.74) is 0.650. The molecule has 25 heavy (non-hydrogen) atoms. The molecule has 4 nitrogen and oxygen atoms in total. The lowest BCUT2D eigenvalue weighted by molar-refractivity contribution is -0.146. The highest BCUT2D eigenvalue weighted by Crippen LogP contribution is 2.60. The van der Waals surface area contributed by atoms with Crippen molar-refractivity contribution in [2.75, 3.05) is 11.9 Å². The zero-order chi connectivity index (χ0) is 17.4. The number of rotatable bonds is 5. The SMILES string of the molecule is O=C(CCNC(=O)C12CC3CC(CC(C3)C1)C2)Nc1ccc(Br)cc1.